The van der Waals surface area contributed by atoms with E-state index in [0.29, 0.717) is 0 Å². The number of benzene rings is 2. The molecule has 138 valence electrons. The molecule has 7 atom stereocenters. The van der Waals surface area contributed by atoms with Crippen molar-refractivity contribution in [3.05, 3.63) is 65.2 Å². The molecule has 2 saturated carbocycles. The zero-order valence-electron chi connectivity index (χ0n) is 15.5. The van der Waals surface area contributed by atoms with E-state index in [-0.39, 0.29) is 35.7 Å². The van der Waals surface area contributed by atoms with Crippen molar-refractivity contribution in [2.45, 2.75) is 38.2 Å². The molecule has 2 saturated heterocycles. The van der Waals surface area contributed by atoms with Crippen LogP contribution in [0.3, 0.4) is 0 Å². The Labute approximate surface area is 158 Å². The zero-order chi connectivity index (χ0) is 18.5. The number of hydrogen-bond donors (Lipinski definition) is 1. The van der Waals surface area contributed by atoms with E-state index in [9.17, 15) is 9.90 Å². The SMILES string of the molecule is Cc1ccc(C23OC4C(O)C5CC4C2C5C(=O)N3c2cccc(C)c2)cc1. The van der Waals surface area contributed by atoms with Crippen LogP contribution in [0.2, 0.25) is 0 Å². The summed E-state index contributed by atoms with van der Waals surface area (Å²) in [5, 5.41) is 10.8. The number of nitrogens with zero attached hydrogens (tertiary/aromatic N) is 1. The molecule has 2 aliphatic carbocycles. The largest absolute Gasteiger partial charge is 0.390 e. The maximum absolute atomic E-state index is 13.6. The molecule has 4 aliphatic rings. The Bertz CT molecular complexity index is 954. The van der Waals surface area contributed by atoms with Crippen LogP contribution in [0, 0.1) is 37.5 Å². The Hall–Kier alpha value is -2.17. The number of anilines is 1. The number of rotatable bonds is 2. The van der Waals surface area contributed by atoms with Gasteiger partial charge < -0.3 is 9.84 Å². The van der Waals surface area contributed by atoms with Crippen molar-refractivity contribution in [2.75, 3.05) is 4.90 Å². The maximum Gasteiger partial charge on any atom is 0.233 e. The molecule has 0 spiro atoms. The Balaban J connectivity index is 1.60. The highest BCUT2D eigenvalue weighted by atomic mass is 16.6. The lowest BCUT2D eigenvalue weighted by atomic mass is 9.75. The van der Waals surface area contributed by atoms with E-state index >= 15 is 0 Å². The van der Waals surface area contributed by atoms with Gasteiger partial charge in [0.25, 0.3) is 0 Å². The maximum atomic E-state index is 13.6. The molecular formula is C23H23NO3. The molecule has 6 rings (SSSR count). The van der Waals surface area contributed by atoms with Crippen LogP contribution in [-0.2, 0) is 15.3 Å². The molecular weight excluding hydrogens is 338 g/mol. The molecule has 1 amide bonds. The van der Waals surface area contributed by atoms with Gasteiger partial charge in [0.15, 0.2) is 5.72 Å². The van der Waals surface area contributed by atoms with Gasteiger partial charge in [-0.2, -0.15) is 0 Å². The molecule has 27 heavy (non-hydrogen) atoms. The number of carbonyl (C=O) groups is 1. The molecule has 4 heteroatoms. The lowest BCUT2D eigenvalue weighted by Crippen LogP contribution is -2.49. The topological polar surface area (TPSA) is 49.8 Å². The van der Waals surface area contributed by atoms with Gasteiger partial charge in [-0.15, -0.1) is 0 Å². The molecule has 2 aliphatic heterocycles. The lowest BCUT2D eigenvalue weighted by Gasteiger charge is -2.39. The molecule has 2 aromatic rings. The van der Waals surface area contributed by atoms with E-state index in [1.807, 2.05) is 30.0 Å². The summed E-state index contributed by atoms with van der Waals surface area (Å²) < 4.78 is 6.69. The first-order chi connectivity index (χ1) is 13.0. The predicted molar refractivity (Wildman–Crippen MR) is 101 cm³/mol. The average molecular weight is 361 g/mol. The van der Waals surface area contributed by atoms with Crippen LogP contribution in [0.1, 0.15) is 23.1 Å². The summed E-state index contributed by atoms with van der Waals surface area (Å²) in [6, 6.07) is 16.5. The summed E-state index contributed by atoms with van der Waals surface area (Å²) in [4.78, 5) is 15.6. The van der Waals surface area contributed by atoms with Crippen molar-refractivity contribution in [3.8, 4) is 0 Å². The summed E-state index contributed by atoms with van der Waals surface area (Å²) in [5.41, 5.74) is 3.42. The molecule has 0 aromatic heterocycles. The third-order valence-corrected chi connectivity index (χ3v) is 7.38. The summed E-state index contributed by atoms with van der Waals surface area (Å²) in [7, 11) is 0. The first kappa shape index (κ1) is 15.8. The second kappa shape index (κ2) is 5.00. The quantitative estimate of drug-likeness (QED) is 0.894. The highest BCUT2D eigenvalue weighted by Crippen LogP contribution is 2.70. The van der Waals surface area contributed by atoms with Gasteiger partial charge >= 0.3 is 0 Å². The van der Waals surface area contributed by atoms with E-state index in [2.05, 4.69) is 37.3 Å². The minimum absolute atomic E-state index is 0.0274. The van der Waals surface area contributed by atoms with Gasteiger partial charge in [0.1, 0.15) is 0 Å². The van der Waals surface area contributed by atoms with Crippen LogP contribution >= 0.6 is 0 Å². The van der Waals surface area contributed by atoms with E-state index in [4.69, 9.17) is 4.74 Å². The highest BCUT2D eigenvalue weighted by Gasteiger charge is 2.79. The molecule has 4 fully saturated rings. The number of ether oxygens (including phenoxy) is 1. The predicted octanol–water partition coefficient (Wildman–Crippen LogP) is 3.14. The molecule has 4 nitrogen and oxygen atoms in total. The van der Waals surface area contributed by atoms with Gasteiger partial charge in [0.2, 0.25) is 5.91 Å². The van der Waals surface area contributed by atoms with Crippen molar-refractivity contribution in [1.29, 1.82) is 0 Å². The standard InChI is InChI=1S/C23H23NO3/c1-12-6-8-14(9-7-12)23-19-17-11-16(20(25)21(17)27-23)18(19)22(26)24(23)15-5-3-4-13(2)10-15/h3-10,16-21,25H,11H2,1-2H3. The fourth-order valence-corrected chi connectivity index (χ4v) is 6.42. The molecule has 2 aromatic carbocycles. The van der Waals surface area contributed by atoms with Crippen LogP contribution in [0.25, 0.3) is 0 Å². The fraction of sp³-hybridized carbons (Fsp3) is 0.435. The van der Waals surface area contributed by atoms with Crippen molar-refractivity contribution in [2.24, 2.45) is 23.7 Å². The van der Waals surface area contributed by atoms with Gasteiger partial charge in [-0.05, 0) is 49.8 Å². The third-order valence-electron chi connectivity index (χ3n) is 7.38. The Morgan fingerprint density at radius 3 is 2.59 bits per heavy atom. The fourth-order valence-electron chi connectivity index (χ4n) is 6.42. The van der Waals surface area contributed by atoms with E-state index in [1.165, 1.54) is 5.56 Å². The molecule has 2 bridgehead atoms. The number of amides is 1. The van der Waals surface area contributed by atoms with Crippen molar-refractivity contribution in [1.82, 2.24) is 0 Å². The van der Waals surface area contributed by atoms with Crippen LogP contribution in [-0.4, -0.2) is 23.2 Å². The number of aliphatic hydroxyl groups excluding tert-OH is 1. The van der Waals surface area contributed by atoms with Crippen molar-refractivity contribution >= 4 is 11.6 Å². The van der Waals surface area contributed by atoms with Gasteiger partial charge in [0, 0.05) is 17.2 Å². The minimum atomic E-state index is -0.801. The number of hydrogen-bond acceptors (Lipinski definition) is 3. The number of aryl methyl sites for hydroxylation is 2. The average Bonchev–Trinajstić information content (AvgIpc) is 3.31. The first-order valence-corrected chi connectivity index (χ1v) is 9.86. The Morgan fingerprint density at radius 2 is 1.85 bits per heavy atom. The number of carbonyl (C=O) groups excluding carboxylic acids is 1. The van der Waals surface area contributed by atoms with Crippen molar-refractivity contribution in [3.63, 3.8) is 0 Å². The van der Waals surface area contributed by atoms with Gasteiger partial charge in [-0.25, -0.2) is 0 Å². The number of fused-ring (bicyclic) bond motifs is 2. The summed E-state index contributed by atoms with van der Waals surface area (Å²) >= 11 is 0. The van der Waals surface area contributed by atoms with Crippen LogP contribution in [0.5, 0.6) is 0 Å². The lowest BCUT2D eigenvalue weighted by molar-refractivity contribution is -0.133. The smallest absolute Gasteiger partial charge is 0.233 e. The molecule has 0 radical (unpaired) electrons. The molecule has 2 heterocycles. The highest BCUT2D eigenvalue weighted by molar-refractivity contribution is 6.00. The summed E-state index contributed by atoms with van der Waals surface area (Å²) in [5.74, 6) is 0.364. The van der Waals surface area contributed by atoms with Crippen LogP contribution in [0.4, 0.5) is 5.69 Å². The minimum Gasteiger partial charge on any atom is -0.390 e. The Kier molecular flexibility index (Phi) is 2.94. The summed E-state index contributed by atoms with van der Waals surface area (Å²) in [6.45, 7) is 4.11. The van der Waals surface area contributed by atoms with Crippen molar-refractivity contribution < 1.29 is 14.6 Å². The van der Waals surface area contributed by atoms with Gasteiger partial charge in [0.05, 0.1) is 18.1 Å². The summed E-state index contributed by atoms with van der Waals surface area (Å²) in [6.07, 6.45) is 0.215. The molecule has 7 unspecified atom stereocenters. The zero-order valence-corrected chi connectivity index (χ0v) is 15.5. The second-order valence-electron chi connectivity index (χ2n) is 8.76. The normalized spacial score (nSPS) is 41.0. The van der Waals surface area contributed by atoms with E-state index in [1.54, 1.807) is 0 Å². The monoisotopic (exact) mass is 361 g/mol. The van der Waals surface area contributed by atoms with E-state index < -0.39 is 11.8 Å². The second-order valence-corrected chi connectivity index (χ2v) is 8.76. The molecule has 1 N–H and O–H groups in total. The van der Waals surface area contributed by atoms with E-state index in [0.717, 1.165) is 23.2 Å². The van der Waals surface area contributed by atoms with Crippen LogP contribution < -0.4 is 4.90 Å². The Morgan fingerprint density at radius 1 is 1.07 bits per heavy atom. The third kappa shape index (κ3) is 1.74. The first-order valence-electron chi connectivity index (χ1n) is 9.86. The number of aliphatic hydroxyl groups is 1. The van der Waals surface area contributed by atoms with Gasteiger partial charge in [-0.1, -0.05) is 42.0 Å². The van der Waals surface area contributed by atoms with Crippen LogP contribution in [0.15, 0.2) is 48.5 Å². The van der Waals surface area contributed by atoms with Gasteiger partial charge in [-0.3, -0.25) is 9.69 Å².